The van der Waals surface area contributed by atoms with Gasteiger partial charge in [0.15, 0.2) is 0 Å². The zero-order valence-electron chi connectivity index (χ0n) is 12.5. The fourth-order valence-corrected chi connectivity index (χ4v) is 2.90. The van der Waals surface area contributed by atoms with Crippen LogP contribution in [0.15, 0.2) is 53.9 Å². The average Bonchev–Trinajstić information content (AvgIpc) is 3.08. The Bertz CT molecular complexity index is 895. The van der Waals surface area contributed by atoms with Crippen LogP contribution in [0.2, 0.25) is 0 Å². The first-order chi connectivity index (χ1) is 11.7. The van der Waals surface area contributed by atoms with E-state index in [9.17, 15) is 9.18 Å². The van der Waals surface area contributed by atoms with Gasteiger partial charge in [0, 0.05) is 16.6 Å². The lowest BCUT2D eigenvalue weighted by molar-refractivity contribution is 0.102. The number of thiazole rings is 1. The minimum absolute atomic E-state index is 0.306. The van der Waals surface area contributed by atoms with Crippen molar-refractivity contribution in [1.82, 2.24) is 4.98 Å². The number of nitrogens with one attached hydrogen (secondary N) is 1. The molecular formula is C18H12FN3OS. The van der Waals surface area contributed by atoms with Gasteiger partial charge in [0.2, 0.25) is 0 Å². The molecule has 1 N–H and O–H groups in total. The molecule has 0 spiro atoms. The number of hydrogen-bond donors (Lipinski definition) is 1. The molecule has 0 saturated heterocycles. The molecule has 1 heterocycles. The van der Waals surface area contributed by atoms with Crippen LogP contribution in [-0.2, 0) is 6.42 Å². The van der Waals surface area contributed by atoms with E-state index in [1.54, 1.807) is 41.8 Å². The van der Waals surface area contributed by atoms with Crippen LogP contribution >= 0.6 is 11.3 Å². The monoisotopic (exact) mass is 337 g/mol. The van der Waals surface area contributed by atoms with Gasteiger partial charge in [0.1, 0.15) is 16.5 Å². The highest BCUT2D eigenvalue weighted by atomic mass is 32.1. The number of anilines is 1. The van der Waals surface area contributed by atoms with Gasteiger partial charge in [0.05, 0.1) is 12.5 Å². The number of hydrogen-bond acceptors (Lipinski definition) is 4. The second-order valence-corrected chi connectivity index (χ2v) is 5.89. The summed E-state index contributed by atoms with van der Waals surface area (Å²) >= 11 is 1.33. The molecule has 0 unspecified atom stereocenters. The van der Waals surface area contributed by atoms with Gasteiger partial charge in [-0.25, -0.2) is 9.37 Å². The molecule has 0 aliphatic rings. The topological polar surface area (TPSA) is 65.8 Å². The summed E-state index contributed by atoms with van der Waals surface area (Å²) in [5.74, 6) is -0.624. The van der Waals surface area contributed by atoms with Crippen LogP contribution < -0.4 is 5.32 Å². The third-order valence-electron chi connectivity index (χ3n) is 3.32. The zero-order chi connectivity index (χ0) is 16.9. The van der Waals surface area contributed by atoms with Crippen LogP contribution in [-0.4, -0.2) is 10.9 Å². The summed E-state index contributed by atoms with van der Waals surface area (Å²) in [6, 6.07) is 15.1. The van der Waals surface area contributed by atoms with Crippen molar-refractivity contribution in [1.29, 1.82) is 5.26 Å². The first kappa shape index (κ1) is 15.8. The van der Waals surface area contributed by atoms with Gasteiger partial charge >= 0.3 is 0 Å². The van der Waals surface area contributed by atoms with Crippen LogP contribution in [0.5, 0.6) is 0 Å². The molecule has 0 fully saturated rings. The summed E-state index contributed by atoms with van der Waals surface area (Å²) in [6.07, 6.45) is 0.335. The second kappa shape index (κ2) is 7.02. The summed E-state index contributed by atoms with van der Waals surface area (Å²) in [5, 5.41) is 13.7. The molecule has 24 heavy (non-hydrogen) atoms. The van der Waals surface area contributed by atoms with Crippen LogP contribution in [0.25, 0.3) is 10.6 Å². The Labute approximate surface area is 142 Å². The van der Waals surface area contributed by atoms with Gasteiger partial charge in [-0.05, 0) is 42.0 Å². The van der Waals surface area contributed by atoms with E-state index in [1.165, 1.54) is 23.5 Å². The molecule has 1 aromatic heterocycles. The Morgan fingerprint density at radius 3 is 2.54 bits per heavy atom. The van der Waals surface area contributed by atoms with Crippen molar-refractivity contribution < 1.29 is 9.18 Å². The fraction of sp³-hybridized carbons (Fsp3) is 0.0556. The number of rotatable bonds is 4. The maximum atomic E-state index is 13.0. The van der Waals surface area contributed by atoms with Crippen molar-refractivity contribution in [3.8, 4) is 16.6 Å². The van der Waals surface area contributed by atoms with Crippen molar-refractivity contribution in [2.45, 2.75) is 6.42 Å². The van der Waals surface area contributed by atoms with E-state index in [-0.39, 0.29) is 11.7 Å². The number of aromatic nitrogens is 1. The number of amides is 1. The Morgan fingerprint density at radius 2 is 1.88 bits per heavy atom. The fourth-order valence-electron chi connectivity index (χ4n) is 2.10. The van der Waals surface area contributed by atoms with Gasteiger partial charge in [-0.15, -0.1) is 11.3 Å². The molecule has 0 aliphatic carbocycles. The number of halogens is 1. The molecule has 118 valence electrons. The molecule has 0 radical (unpaired) electrons. The summed E-state index contributed by atoms with van der Waals surface area (Å²) < 4.78 is 13.0. The lowest BCUT2D eigenvalue weighted by Gasteiger charge is -2.03. The second-order valence-electron chi connectivity index (χ2n) is 5.03. The van der Waals surface area contributed by atoms with E-state index < -0.39 is 0 Å². The van der Waals surface area contributed by atoms with Gasteiger partial charge in [-0.2, -0.15) is 5.26 Å². The highest BCUT2D eigenvalue weighted by molar-refractivity contribution is 7.13. The molecule has 6 heteroatoms. The minimum Gasteiger partial charge on any atom is -0.321 e. The third-order valence-corrected chi connectivity index (χ3v) is 4.21. The highest BCUT2D eigenvalue weighted by Gasteiger charge is 2.12. The van der Waals surface area contributed by atoms with E-state index in [1.807, 2.05) is 0 Å². The van der Waals surface area contributed by atoms with Gasteiger partial charge < -0.3 is 5.32 Å². The molecule has 3 aromatic rings. The van der Waals surface area contributed by atoms with E-state index in [2.05, 4.69) is 16.4 Å². The Kier molecular flexibility index (Phi) is 4.64. The molecular weight excluding hydrogens is 325 g/mol. The SMILES string of the molecule is N#CCc1ccc(NC(=O)c2csc(-c3ccc(F)cc3)n2)cc1. The van der Waals surface area contributed by atoms with Crippen LogP contribution in [0.4, 0.5) is 10.1 Å². The minimum atomic E-state index is -0.312. The largest absolute Gasteiger partial charge is 0.321 e. The van der Waals surface area contributed by atoms with E-state index in [0.717, 1.165) is 11.1 Å². The van der Waals surface area contributed by atoms with Crippen molar-refractivity contribution in [2.24, 2.45) is 0 Å². The zero-order valence-corrected chi connectivity index (χ0v) is 13.3. The number of benzene rings is 2. The van der Waals surface area contributed by atoms with Crippen LogP contribution in [0, 0.1) is 17.1 Å². The van der Waals surface area contributed by atoms with Crippen molar-refractivity contribution in [3.05, 3.63) is 71.0 Å². The van der Waals surface area contributed by atoms with Crippen molar-refractivity contribution >= 4 is 22.9 Å². The summed E-state index contributed by atoms with van der Waals surface area (Å²) in [5.41, 5.74) is 2.60. The summed E-state index contributed by atoms with van der Waals surface area (Å²) in [6.45, 7) is 0. The smallest absolute Gasteiger partial charge is 0.275 e. The normalized spacial score (nSPS) is 10.2. The van der Waals surface area contributed by atoms with Gasteiger partial charge in [-0.1, -0.05) is 12.1 Å². The van der Waals surface area contributed by atoms with Crippen LogP contribution in [0.1, 0.15) is 16.1 Å². The quantitative estimate of drug-likeness (QED) is 0.773. The Hall–Kier alpha value is -3.04. The molecule has 1 amide bonds. The predicted molar refractivity (Wildman–Crippen MR) is 91.2 cm³/mol. The molecule has 2 aromatic carbocycles. The van der Waals surface area contributed by atoms with E-state index >= 15 is 0 Å². The summed E-state index contributed by atoms with van der Waals surface area (Å²) in [7, 11) is 0. The number of carbonyl (C=O) groups is 1. The lowest BCUT2D eigenvalue weighted by atomic mass is 10.1. The molecule has 0 atom stereocenters. The number of nitrogens with zero attached hydrogens (tertiary/aromatic N) is 2. The number of nitriles is 1. The maximum absolute atomic E-state index is 13.0. The standard InChI is InChI=1S/C18H12FN3OS/c19-14-5-3-13(4-6-14)18-22-16(11-24-18)17(23)21-15-7-1-12(2-8-15)9-10-20/h1-8,11H,9H2,(H,21,23). The lowest BCUT2D eigenvalue weighted by Crippen LogP contribution is -2.12. The van der Waals surface area contributed by atoms with Gasteiger partial charge in [-0.3, -0.25) is 4.79 Å². The molecule has 4 nitrogen and oxygen atoms in total. The van der Waals surface area contributed by atoms with E-state index in [4.69, 9.17) is 5.26 Å². The predicted octanol–water partition coefficient (Wildman–Crippen LogP) is 4.27. The highest BCUT2D eigenvalue weighted by Crippen LogP contribution is 2.24. The van der Waals surface area contributed by atoms with Crippen molar-refractivity contribution in [2.75, 3.05) is 5.32 Å². The van der Waals surface area contributed by atoms with E-state index in [0.29, 0.717) is 22.8 Å². The molecule has 0 bridgehead atoms. The maximum Gasteiger partial charge on any atom is 0.275 e. The Morgan fingerprint density at radius 1 is 1.17 bits per heavy atom. The Balaban J connectivity index is 1.71. The molecule has 0 aliphatic heterocycles. The van der Waals surface area contributed by atoms with Crippen molar-refractivity contribution in [3.63, 3.8) is 0 Å². The number of carbonyl (C=O) groups excluding carboxylic acids is 1. The van der Waals surface area contributed by atoms with Crippen LogP contribution in [0.3, 0.4) is 0 Å². The van der Waals surface area contributed by atoms with Gasteiger partial charge in [0.25, 0.3) is 5.91 Å². The molecule has 3 rings (SSSR count). The molecule has 0 saturated carbocycles. The first-order valence-electron chi connectivity index (χ1n) is 7.14. The first-order valence-corrected chi connectivity index (χ1v) is 8.02. The summed E-state index contributed by atoms with van der Waals surface area (Å²) in [4.78, 5) is 16.5. The average molecular weight is 337 g/mol. The third kappa shape index (κ3) is 3.65.